The van der Waals surface area contributed by atoms with Gasteiger partial charge in [0.15, 0.2) is 0 Å². The quantitative estimate of drug-likeness (QED) is 0.468. The molecule has 2 heterocycles. The molecule has 0 saturated carbocycles. The number of hydrogen-bond donors (Lipinski definition) is 4. The zero-order valence-electron chi connectivity index (χ0n) is 15.6. The molecule has 2 amide bonds. The summed E-state index contributed by atoms with van der Waals surface area (Å²) < 4.78 is 13.4. The van der Waals surface area contributed by atoms with Crippen LogP contribution >= 0.6 is 23.2 Å². The Balaban J connectivity index is 1.65. The van der Waals surface area contributed by atoms with Crippen LogP contribution in [0.2, 0.25) is 10.0 Å². The number of aromatic nitrogens is 2. The number of anilines is 4. The van der Waals surface area contributed by atoms with Gasteiger partial charge < -0.3 is 16.0 Å². The molecule has 158 valence electrons. The zero-order valence-corrected chi connectivity index (χ0v) is 17.1. The average Bonchev–Trinajstić information content (AvgIpc) is 2.66. The number of amides is 2. The Morgan fingerprint density at radius 3 is 2.55 bits per heavy atom. The van der Waals surface area contributed by atoms with Gasteiger partial charge in [-0.2, -0.15) is 4.98 Å². The van der Waals surface area contributed by atoms with Gasteiger partial charge in [0, 0.05) is 27.8 Å². The van der Waals surface area contributed by atoms with Crippen molar-refractivity contribution in [2.45, 2.75) is 12.3 Å². The van der Waals surface area contributed by atoms with Gasteiger partial charge in [0.05, 0.1) is 11.5 Å². The topological polar surface area (TPSA) is 116 Å². The first-order chi connectivity index (χ1) is 14.8. The molecule has 0 fully saturated rings. The summed E-state index contributed by atoms with van der Waals surface area (Å²) in [7, 11) is 0. The van der Waals surface area contributed by atoms with E-state index in [2.05, 4.69) is 25.9 Å². The van der Waals surface area contributed by atoms with Gasteiger partial charge in [0.25, 0.3) is 5.56 Å². The second-order valence-corrected chi connectivity index (χ2v) is 7.64. The standard InChI is InChI=1S/C20H14Cl2FN5O3/c21-9-4-10(22)6-13(5-9)25-20-27-17-16(19(31)28-20)14(8-15(29)26-17)18(30)24-12-3-1-2-11(23)7-12/h1-7,14H,8H2,(H,24,30)(H3,25,26,27,28,29,31). The van der Waals surface area contributed by atoms with Gasteiger partial charge >= 0.3 is 0 Å². The van der Waals surface area contributed by atoms with Crippen molar-refractivity contribution in [2.24, 2.45) is 0 Å². The van der Waals surface area contributed by atoms with Crippen molar-refractivity contribution in [2.75, 3.05) is 16.0 Å². The number of nitrogens with zero attached hydrogens (tertiary/aromatic N) is 1. The minimum absolute atomic E-state index is 0.00294. The van der Waals surface area contributed by atoms with Crippen molar-refractivity contribution in [3.05, 3.63) is 74.2 Å². The van der Waals surface area contributed by atoms with Gasteiger partial charge in [0.2, 0.25) is 17.8 Å². The summed E-state index contributed by atoms with van der Waals surface area (Å²) in [5.74, 6) is -2.77. The lowest BCUT2D eigenvalue weighted by molar-refractivity contribution is -0.123. The van der Waals surface area contributed by atoms with Crippen LogP contribution in [0.1, 0.15) is 17.9 Å². The predicted molar refractivity (Wildman–Crippen MR) is 116 cm³/mol. The molecule has 8 nitrogen and oxygen atoms in total. The molecule has 1 aliphatic rings. The molecule has 0 spiro atoms. The smallest absolute Gasteiger partial charge is 0.258 e. The number of hydrogen-bond acceptors (Lipinski definition) is 5. The highest BCUT2D eigenvalue weighted by Gasteiger charge is 2.34. The second-order valence-electron chi connectivity index (χ2n) is 6.76. The number of fused-ring (bicyclic) bond motifs is 1. The monoisotopic (exact) mass is 461 g/mol. The summed E-state index contributed by atoms with van der Waals surface area (Å²) in [5.41, 5.74) is 0.0596. The molecule has 31 heavy (non-hydrogen) atoms. The lowest BCUT2D eigenvalue weighted by Crippen LogP contribution is -2.36. The van der Waals surface area contributed by atoms with Crippen LogP contribution in [0.15, 0.2) is 47.3 Å². The maximum Gasteiger partial charge on any atom is 0.258 e. The van der Waals surface area contributed by atoms with Crippen molar-refractivity contribution in [3.8, 4) is 0 Å². The van der Waals surface area contributed by atoms with Crippen LogP contribution in [0.5, 0.6) is 0 Å². The van der Waals surface area contributed by atoms with Crippen LogP contribution in [-0.2, 0) is 9.59 Å². The third kappa shape index (κ3) is 4.68. The molecule has 0 saturated heterocycles. The van der Waals surface area contributed by atoms with Gasteiger partial charge in [0.1, 0.15) is 11.6 Å². The van der Waals surface area contributed by atoms with Crippen LogP contribution in [0.25, 0.3) is 0 Å². The van der Waals surface area contributed by atoms with Crippen molar-refractivity contribution < 1.29 is 14.0 Å². The Bertz CT molecular complexity index is 1240. The van der Waals surface area contributed by atoms with E-state index in [0.717, 1.165) is 6.07 Å². The Hall–Kier alpha value is -3.43. The lowest BCUT2D eigenvalue weighted by atomic mass is 9.92. The summed E-state index contributed by atoms with van der Waals surface area (Å²) in [6.07, 6.45) is -0.254. The molecule has 0 radical (unpaired) electrons. The molecule has 0 bridgehead atoms. The minimum Gasteiger partial charge on any atom is -0.326 e. The van der Waals surface area contributed by atoms with E-state index < -0.39 is 29.1 Å². The molecule has 0 aliphatic carbocycles. The number of carbonyl (C=O) groups excluding carboxylic acids is 2. The molecule has 1 aromatic heterocycles. The molecule has 4 rings (SSSR count). The average molecular weight is 462 g/mol. The molecule has 1 unspecified atom stereocenters. The normalized spacial score (nSPS) is 15.1. The summed E-state index contributed by atoms with van der Waals surface area (Å²) in [5, 5.41) is 8.63. The SMILES string of the molecule is O=C1CC(C(=O)Nc2cccc(F)c2)c2c(nc(Nc3cc(Cl)cc(Cl)c3)[nH]c2=O)N1. The Kier molecular flexibility index (Phi) is 5.62. The van der Waals surface area contributed by atoms with E-state index in [4.69, 9.17) is 23.2 Å². The van der Waals surface area contributed by atoms with Crippen LogP contribution in [-0.4, -0.2) is 21.8 Å². The third-order valence-electron chi connectivity index (χ3n) is 4.49. The van der Waals surface area contributed by atoms with Gasteiger partial charge in [-0.15, -0.1) is 0 Å². The Morgan fingerprint density at radius 1 is 1.10 bits per heavy atom. The lowest BCUT2D eigenvalue weighted by Gasteiger charge is -2.23. The highest BCUT2D eigenvalue weighted by Crippen LogP contribution is 2.31. The van der Waals surface area contributed by atoms with Gasteiger partial charge in [-0.05, 0) is 36.4 Å². The fraction of sp³-hybridized carbons (Fsp3) is 0.100. The number of aromatic amines is 1. The minimum atomic E-state index is -1.10. The predicted octanol–water partition coefficient (Wildman–Crippen LogP) is 4.02. The van der Waals surface area contributed by atoms with E-state index in [9.17, 15) is 18.8 Å². The second kappa shape index (κ2) is 8.37. The molecular formula is C20H14Cl2FN5O3. The summed E-state index contributed by atoms with van der Waals surface area (Å²) in [4.78, 5) is 44.4. The highest BCUT2D eigenvalue weighted by atomic mass is 35.5. The Labute approximate surface area is 184 Å². The van der Waals surface area contributed by atoms with E-state index in [0.29, 0.717) is 15.7 Å². The molecule has 1 atom stereocenters. The molecule has 11 heteroatoms. The first-order valence-electron chi connectivity index (χ1n) is 9.02. The van der Waals surface area contributed by atoms with Gasteiger partial charge in [-0.1, -0.05) is 29.3 Å². The van der Waals surface area contributed by atoms with E-state index >= 15 is 0 Å². The fourth-order valence-electron chi connectivity index (χ4n) is 3.21. The van der Waals surface area contributed by atoms with E-state index in [1.807, 2.05) is 0 Å². The maximum absolute atomic E-state index is 13.4. The van der Waals surface area contributed by atoms with Crippen molar-refractivity contribution >= 4 is 58.2 Å². The number of H-pyrrole nitrogens is 1. The molecular weight excluding hydrogens is 448 g/mol. The number of rotatable bonds is 4. The van der Waals surface area contributed by atoms with E-state index in [1.165, 1.54) is 18.2 Å². The molecule has 2 aromatic carbocycles. The van der Waals surface area contributed by atoms with Crippen LogP contribution in [0, 0.1) is 5.82 Å². The molecule has 1 aliphatic heterocycles. The van der Waals surface area contributed by atoms with Gasteiger partial charge in [-0.25, -0.2) is 4.39 Å². The first kappa shape index (κ1) is 20.8. The number of benzene rings is 2. The summed E-state index contributed by atoms with van der Waals surface area (Å²) in [6, 6.07) is 9.97. The van der Waals surface area contributed by atoms with E-state index in [1.54, 1.807) is 18.2 Å². The first-order valence-corrected chi connectivity index (χ1v) is 9.78. The van der Waals surface area contributed by atoms with Crippen LogP contribution in [0.3, 0.4) is 0 Å². The number of carbonyl (C=O) groups is 2. The fourth-order valence-corrected chi connectivity index (χ4v) is 3.74. The van der Waals surface area contributed by atoms with Crippen molar-refractivity contribution in [3.63, 3.8) is 0 Å². The van der Waals surface area contributed by atoms with Gasteiger partial charge in [-0.3, -0.25) is 19.4 Å². The summed E-state index contributed by atoms with van der Waals surface area (Å²) in [6.45, 7) is 0. The van der Waals surface area contributed by atoms with E-state index in [-0.39, 0.29) is 29.4 Å². The highest BCUT2D eigenvalue weighted by molar-refractivity contribution is 6.35. The number of halogens is 3. The maximum atomic E-state index is 13.4. The van der Waals surface area contributed by atoms with Crippen LogP contribution in [0.4, 0.5) is 27.5 Å². The Morgan fingerprint density at radius 2 is 1.84 bits per heavy atom. The van der Waals surface area contributed by atoms with Crippen LogP contribution < -0.4 is 21.5 Å². The third-order valence-corrected chi connectivity index (χ3v) is 4.92. The zero-order chi connectivity index (χ0) is 22.1. The van der Waals surface area contributed by atoms with Crippen molar-refractivity contribution in [1.82, 2.24) is 9.97 Å². The molecule has 4 N–H and O–H groups in total. The summed E-state index contributed by atoms with van der Waals surface area (Å²) >= 11 is 11.9. The van der Waals surface area contributed by atoms with Crippen molar-refractivity contribution in [1.29, 1.82) is 0 Å². The number of nitrogens with one attached hydrogen (secondary N) is 4. The molecule has 3 aromatic rings. The largest absolute Gasteiger partial charge is 0.326 e.